The normalized spacial score (nSPS) is 16.1. The molecule has 16 nitrogen and oxygen atoms in total. The van der Waals surface area contributed by atoms with E-state index >= 15 is 0 Å². The minimum atomic E-state index is -5.15. The zero-order valence-electron chi connectivity index (χ0n) is 61.0. The van der Waals surface area contributed by atoms with E-state index in [1.165, 1.54) is 18.0 Å². The van der Waals surface area contributed by atoms with Crippen LogP contribution in [-0.2, 0) is 59.0 Å². The first-order valence-electron chi connectivity index (χ1n) is 35.3. The van der Waals surface area contributed by atoms with Crippen molar-refractivity contribution >= 4 is 109 Å². The van der Waals surface area contributed by atoms with E-state index in [9.17, 15) is 55.1 Å². The van der Waals surface area contributed by atoms with Gasteiger partial charge in [0, 0.05) is 73.5 Å². The molecule has 0 radical (unpaired) electrons. The summed E-state index contributed by atoms with van der Waals surface area (Å²) < 4.78 is 81.4. The second kappa shape index (κ2) is 38.2. The van der Waals surface area contributed by atoms with E-state index in [-0.39, 0.29) is 72.9 Å². The molecule has 0 saturated carbocycles. The lowest BCUT2D eigenvalue weighted by Crippen LogP contribution is -2.60. The summed E-state index contributed by atoms with van der Waals surface area (Å²) in [5.41, 5.74) is 5.49. The molecule has 8 aromatic carbocycles. The van der Waals surface area contributed by atoms with Crippen molar-refractivity contribution in [2.24, 2.45) is 4.99 Å². The number of aliphatic imine (C=N–C) groups is 1. The van der Waals surface area contributed by atoms with E-state index in [0.29, 0.717) is 97.3 Å². The summed E-state index contributed by atoms with van der Waals surface area (Å²) in [6, 6.07) is 62.3. The van der Waals surface area contributed by atoms with Crippen LogP contribution in [0.2, 0.25) is 20.1 Å². The highest BCUT2D eigenvalue weighted by Crippen LogP contribution is 2.43. The minimum Gasteiger partial charge on any atom is -0.346 e. The largest absolute Gasteiger partial charge is 0.471 e. The van der Waals surface area contributed by atoms with Gasteiger partial charge in [0.05, 0.1) is 61.1 Å². The number of halogens is 10. The van der Waals surface area contributed by atoms with Crippen molar-refractivity contribution in [3.63, 3.8) is 0 Å². The number of urea groups is 1. The highest BCUT2D eigenvalue weighted by atomic mass is 35.5. The number of carbonyl (C=O) groups is 5. The summed E-state index contributed by atoms with van der Waals surface area (Å²) in [4.78, 5) is 86.0. The number of nitrogens with one attached hydrogen (secondary N) is 4. The van der Waals surface area contributed by atoms with Crippen LogP contribution in [0.5, 0.6) is 0 Å². The number of nitrogens with zero attached hydrogens (tertiary/aromatic N) is 6. The van der Waals surface area contributed by atoms with Crippen LogP contribution in [0, 0.1) is 0 Å². The van der Waals surface area contributed by atoms with Crippen molar-refractivity contribution < 1.29 is 55.1 Å². The lowest BCUT2D eigenvalue weighted by molar-refractivity contribution is -0.185. The summed E-state index contributed by atoms with van der Waals surface area (Å²) in [5, 5.41) is 13.8. The fourth-order valence-electron chi connectivity index (χ4n) is 15.3. The molecular weight excluding hydrogens is 1540 g/mol. The van der Waals surface area contributed by atoms with Gasteiger partial charge in [0.2, 0.25) is 17.9 Å². The number of benzene rings is 8. The van der Waals surface area contributed by atoms with Crippen molar-refractivity contribution in [2.45, 2.75) is 98.0 Å². The number of hydrogen-bond donors (Lipinski definition) is 4. The summed E-state index contributed by atoms with van der Waals surface area (Å²) in [7, 11) is 5.41. The number of fused-ring (bicyclic) bond motifs is 4. The molecule has 4 N–H and O–H groups in total. The van der Waals surface area contributed by atoms with Crippen molar-refractivity contribution in [3.8, 4) is 0 Å². The first-order chi connectivity index (χ1) is 51.5. The first-order valence-corrected chi connectivity index (χ1v) is 36.8. The second-order valence-corrected chi connectivity index (χ2v) is 29.4. The van der Waals surface area contributed by atoms with E-state index in [0.717, 1.165) is 71.4 Å². The average molecular weight is 1630 g/mol. The molecule has 0 unspecified atom stereocenters. The maximum Gasteiger partial charge on any atom is 0.471 e. The topological polar surface area (TPSA) is 179 Å². The minimum absolute atomic E-state index is 0. The van der Waals surface area contributed by atoms with Crippen LogP contribution in [0.3, 0.4) is 0 Å². The zero-order valence-corrected chi connectivity index (χ0v) is 66.0. The number of hydrogen-bond acceptors (Lipinski definition) is 10. The molecule has 4 heterocycles. The molecule has 2 spiro atoms. The number of alkyl halides is 6. The lowest BCUT2D eigenvalue weighted by Gasteiger charge is -2.48. The SMILES string of the molecule is CN(C[C@](CCN1CCC2(CC1)NC(=O)Cc1ccccc12)(c1ccc(Cl)c(Cl)c1)N(C)C(=O)NC(c1ccccc1)c1ccccc1)C(=O)C(F)(F)F.CN[C@](CCN1CCC2(CC1)NC(=O)Cc1ccccc12)(CN(C)C(=O)C(F)(F)F)c1ccc(Cl)c(Cl)c1.O=C=NC(c1ccccc1)c1ccccc1.S.S. The fraction of sp³-hybridized carbons (Fsp3) is 0.341. The van der Waals surface area contributed by atoms with Gasteiger partial charge >= 0.3 is 30.2 Å². The fourth-order valence-corrected chi connectivity index (χ4v) is 15.9. The average Bonchev–Trinajstić information content (AvgIpc) is 0.766. The third-order valence-corrected chi connectivity index (χ3v) is 22.6. The first kappa shape index (κ1) is 87.2. The number of isocyanates is 1. The van der Waals surface area contributed by atoms with E-state index in [1.807, 2.05) is 158 Å². The van der Waals surface area contributed by atoms with Gasteiger partial charge in [0.25, 0.3) is 0 Å². The maximum absolute atomic E-state index is 14.6. The number of rotatable bonds is 20. The van der Waals surface area contributed by atoms with Gasteiger partial charge in [-0.2, -0.15) is 58.3 Å². The van der Waals surface area contributed by atoms with Crippen LogP contribution in [0.15, 0.2) is 211 Å². The van der Waals surface area contributed by atoms with Gasteiger partial charge in [-0.1, -0.05) is 228 Å². The molecule has 0 bridgehead atoms. The molecule has 28 heteroatoms. The Balaban J connectivity index is 0.000000235. The van der Waals surface area contributed by atoms with Crippen LogP contribution in [0.1, 0.15) is 106 Å². The molecule has 12 rings (SSSR count). The Kier molecular flexibility index (Phi) is 30.3. The predicted molar refractivity (Wildman–Crippen MR) is 428 cm³/mol. The Hall–Kier alpha value is -8.39. The zero-order chi connectivity index (χ0) is 77.6. The Labute approximate surface area is 671 Å². The molecule has 584 valence electrons. The third-order valence-electron chi connectivity index (χ3n) is 21.1. The summed E-state index contributed by atoms with van der Waals surface area (Å²) in [6.45, 7) is 2.73. The molecule has 2 fully saturated rings. The Bertz CT molecular complexity index is 4430. The number of carbonyl (C=O) groups excluding carboxylic acids is 6. The lowest BCUT2D eigenvalue weighted by atomic mass is 9.75. The number of piperidine rings is 2. The van der Waals surface area contributed by atoms with Crippen molar-refractivity contribution in [2.75, 3.05) is 80.5 Å². The van der Waals surface area contributed by atoms with Gasteiger partial charge in [-0.05, 0) is 125 Å². The van der Waals surface area contributed by atoms with Gasteiger partial charge < -0.3 is 45.8 Å². The molecule has 4 aliphatic heterocycles. The van der Waals surface area contributed by atoms with E-state index < -0.39 is 64.9 Å². The van der Waals surface area contributed by atoms with Gasteiger partial charge in [-0.15, -0.1) is 0 Å². The molecule has 0 aliphatic carbocycles. The maximum atomic E-state index is 14.6. The molecule has 6 amide bonds. The second-order valence-electron chi connectivity index (χ2n) is 27.8. The highest BCUT2D eigenvalue weighted by Gasteiger charge is 2.50. The number of likely N-dealkylation sites (tertiary alicyclic amines) is 2. The van der Waals surface area contributed by atoms with Crippen molar-refractivity contribution in [1.82, 2.24) is 45.8 Å². The van der Waals surface area contributed by atoms with E-state index in [4.69, 9.17) is 46.4 Å². The molecule has 110 heavy (non-hydrogen) atoms. The standard InChI is InChI=1S/C41H42Cl2F3N5O3.C27H31Cl2F3N4O2.C14H11NO.2H2S/c1-49(37(53)41(44,45)46)27-40(31-17-18-33(42)34(43)26-31,50(2)38(54)47-36(28-11-5-3-6-12-28)29-13-7-4-8-14-29)21-24-51-22-19-39(20-23-51)32-16-10-9-15-30(32)25-35(52)48-39;1-33-26(17-35(2)24(38)27(30,31)32,19-7-8-21(28)22(29)16-19)11-14-36-12-9-25(10-13-36)20-6-4-3-5-18(20)15-23(37)34-25;16-11-15-14(12-7-3-1-4-8-12)13-9-5-2-6-10-13;;/h3-18,26,36H,19-25,27H2,1-2H3,(H,47,54)(H,48,52);3-8,16,33H,9-15,17H2,1-2H3,(H,34,37);1-10,14H;2*1H2/t40-;26-;;;/m11.../s1. The number of likely N-dealkylation sites (N-methyl/N-ethyl adjacent to an activating group) is 4. The smallest absolute Gasteiger partial charge is 0.346 e. The molecule has 8 aromatic rings. The summed E-state index contributed by atoms with van der Waals surface area (Å²) in [6.07, 6.45) is -4.57. The summed E-state index contributed by atoms with van der Waals surface area (Å²) in [5.74, 6) is -3.97. The van der Waals surface area contributed by atoms with E-state index in [2.05, 4.69) is 48.2 Å². The Morgan fingerprint density at radius 3 is 1.29 bits per heavy atom. The van der Waals surface area contributed by atoms with Crippen molar-refractivity contribution in [1.29, 1.82) is 0 Å². The van der Waals surface area contributed by atoms with Gasteiger partial charge in [0.1, 0.15) is 6.04 Å². The predicted octanol–water partition coefficient (Wildman–Crippen LogP) is 15.5. The van der Waals surface area contributed by atoms with Gasteiger partial charge in [-0.25, -0.2) is 9.59 Å². The molecule has 4 aliphatic rings. The Morgan fingerprint density at radius 1 is 0.518 bits per heavy atom. The third kappa shape index (κ3) is 20.8. The highest BCUT2D eigenvalue weighted by molar-refractivity contribution is 7.59. The monoisotopic (exact) mass is 1630 g/mol. The van der Waals surface area contributed by atoms with Gasteiger partial charge in [0.15, 0.2) is 0 Å². The molecule has 0 aromatic heterocycles. The van der Waals surface area contributed by atoms with Crippen molar-refractivity contribution in [3.05, 3.63) is 282 Å². The van der Waals surface area contributed by atoms with Crippen LogP contribution < -0.4 is 21.3 Å². The van der Waals surface area contributed by atoms with Gasteiger partial charge in [-0.3, -0.25) is 19.2 Å². The number of amides is 6. The van der Waals surface area contributed by atoms with Crippen LogP contribution >= 0.6 is 73.4 Å². The van der Waals surface area contributed by atoms with Crippen LogP contribution in [0.4, 0.5) is 31.1 Å². The molecular formula is C82H88Cl4F6N10O6S2. The van der Waals surface area contributed by atoms with Crippen LogP contribution in [-0.4, -0.2) is 153 Å². The van der Waals surface area contributed by atoms with Crippen LogP contribution in [0.25, 0.3) is 0 Å². The quantitative estimate of drug-likeness (QED) is 0.0328. The molecule has 2 saturated heterocycles. The van der Waals surface area contributed by atoms with E-state index in [1.54, 1.807) is 43.5 Å². The molecule has 2 atom stereocenters. The Morgan fingerprint density at radius 2 is 0.891 bits per heavy atom. The summed E-state index contributed by atoms with van der Waals surface area (Å²) >= 11 is 25.3.